The van der Waals surface area contributed by atoms with Crippen molar-refractivity contribution >= 4 is 50.0 Å². The lowest BCUT2D eigenvalue weighted by Gasteiger charge is -2.25. The van der Waals surface area contributed by atoms with Gasteiger partial charge in [0.2, 0.25) is 0 Å². The second-order valence-corrected chi connectivity index (χ2v) is 9.90. The molecule has 1 aliphatic carbocycles. The van der Waals surface area contributed by atoms with E-state index in [0.29, 0.717) is 15.9 Å². The molecule has 2 atom stereocenters. The number of rotatable bonds is 2. The Hall–Kier alpha value is -1.05. The molecule has 0 N–H and O–H groups in total. The number of amides is 1. The van der Waals surface area contributed by atoms with E-state index in [9.17, 15) is 13.2 Å². The largest absolute Gasteiger partial charge is 0.314 e. The number of halogens is 1. The van der Waals surface area contributed by atoms with Crippen LogP contribution in [0.5, 0.6) is 0 Å². The number of anilines is 1. The zero-order valence-corrected chi connectivity index (χ0v) is 14.6. The molecular weight excluding hydrogens is 356 g/mol. The number of hydrogen-bond acceptors (Lipinski definition) is 4. The van der Waals surface area contributed by atoms with Crippen molar-refractivity contribution in [1.29, 1.82) is 0 Å². The van der Waals surface area contributed by atoms with Crippen molar-refractivity contribution < 1.29 is 13.2 Å². The van der Waals surface area contributed by atoms with Crippen LogP contribution in [0, 0.1) is 5.92 Å². The topological polar surface area (TPSA) is 66.8 Å². The van der Waals surface area contributed by atoms with Crippen LogP contribution in [0.2, 0.25) is 5.02 Å². The average Bonchev–Trinajstić information content (AvgIpc) is 3.22. The highest BCUT2D eigenvalue weighted by molar-refractivity contribution is 8.16. The van der Waals surface area contributed by atoms with Gasteiger partial charge in [0.05, 0.1) is 28.3 Å². The second kappa shape index (κ2) is 5.50. The second-order valence-electron chi connectivity index (χ2n) is 6.13. The molecule has 5 nitrogen and oxygen atoms in total. The number of carbonyl (C=O) groups excluding carboxylic acids is 1. The van der Waals surface area contributed by atoms with E-state index in [1.165, 1.54) is 11.8 Å². The summed E-state index contributed by atoms with van der Waals surface area (Å²) in [7, 11) is -3.06. The highest BCUT2D eigenvalue weighted by Crippen LogP contribution is 2.43. The Morgan fingerprint density at radius 3 is 2.70 bits per heavy atom. The van der Waals surface area contributed by atoms with E-state index in [1.54, 1.807) is 6.07 Å². The number of sulfone groups is 1. The average molecular weight is 371 g/mol. The van der Waals surface area contributed by atoms with Gasteiger partial charge in [0.15, 0.2) is 15.0 Å². The third-order valence-corrected chi connectivity index (χ3v) is 7.84. The summed E-state index contributed by atoms with van der Waals surface area (Å²) in [4.78, 5) is 18.2. The summed E-state index contributed by atoms with van der Waals surface area (Å²) in [6.07, 6.45) is 1.79. The molecule has 0 spiro atoms. The number of aliphatic imine (C=N–C) groups is 1. The van der Waals surface area contributed by atoms with Crippen LogP contribution in [0.3, 0.4) is 0 Å². The Labute approximate surface area is 144 Å². The molecule has 3 aliphatic rings. The predicted molar refractivity (Wildman–Crippen MR) is 92.9 cm³/mol. The van der Waals surface area contributed by atoms with Gasteiger partial charge in [-0.05, 0) is 25.0 Å². The van der Waals surface area contributed by atoms with E-state index in [0.717, 1.165) is 12.8 Å². The van der Waals surface area contributed by atoms with Crippen molar-refractivity contribution in [3.63, 3.8) is 0 Å². The zero-order valence-electron chi connectivity index (χ0n) is 12.2. The molecule has 0 unspecified atom stereocenters. The maximum atomic E-state index is 12.1. The third kappa shape index (κ3) is 2.90. The van der Waals surface area contributed by atoms with Crippen molar-refractivity contribution in [2.45, 2.75) is 24.1 Å². The van der Waals surface area contributed by atoms with E-state index < -0.39 is 9.84 Å². The number of nitrogens with zero attached hydrogens (tertiary/aromatic N) is 2. The molecule has 0 radical (unpaired) electrons. The molecule has 2 heterocycles. The summed E-state index contributed by atoms with van der Waals surface area (Å²) in [6.45, 7) is 0. The molecule has 3 fully saturated rings. The Bertz CT molecular complexity index is 805. The summed E-state index contributed by atoms with van der Waals surface area (Å²) in [6, 6.07) is 7.06. The summed E-state index contributed by atoms with van der Waals surface area (Å²) >= 11 is 7.69. The molecule has 1 saturated carbocycles. The summed E-state index contributed by atoms with van der Waals surface area (Å²) in [5, 5.41) is 1.02. The summed E-state index contributed by atoms with van der Waals surface area (Å²) < 4.78 is 23.9. The minimum Gasteiger partial charge on any atom is -0.314 e. The molecule has 1 aromatic rings. The number of benzene rings is 1. The summed E-state index contributed by atoms with van der Waals surface area (Å²) in [5.41, 5.74) is 0.716. The quantitative estimate of drug-likeness (QED) is 0.799. The van der Waals surface area contributed by atoms with Gasteiger partial charge in [-0.2, -0.15) is 4.99 Å². The molecule has 8 heteroatoms. The van der Waals surface area contributed by atoms with E-state index in [2.05, 4.69) is 4.99 Å². The molecule has 0 aromatic heterocycles. The molecule has 23 heavy (non-hydrogen) atoms. The Kier molecular flexibility index (Phi) is 3.70. The highest BCUT2D eigenvalue weighted by atomic mass is 35.5. The highest BCUT2D eigenvalue weighted by Gasteiger charge is 2.50. The number of hydrogen-bond donors (Lipinski definition) is 0. The molecule has 2 saturated heterocycles. The first-order valence-electron chi connectivity index (χ1n) is 7.48. The van der Waals surface area contributed by atoms with Crippen LogP contribution < -0.4 is 4.90 Å². The van der Waals surface area contributed by atoms with Gasteiger partial charge in [0.25, 0.3) is 5.91 Å². The van der Waals surface area contributed by atoms with Gasteiger partial charge in [-0.3, -0.25) is 4.79 Å². The molecule has 1 amide bonds. The Morgan fingerprint density at radius 1 is 1.26 bits per heavy atom. The Balaban J connectivity index is 1.75. The van der Waals surface area contributed by atoms with Crippen LogP contribution in [0.15, 0.2) is 29.3 Å². The molecule has 0 bridgehead atoms. The van der Waals surface area contributed by atoms with Crippen molar-refractivity contribution in [2.24, 2.45) is 10.9 Å². The maximum Gasteiger partial charge on any atom is 0.251 e. The maximum absolute atomic E-state index is 12.1. The molecule has 1 aromatic carbocycles. The van der Waals surface area contributed by atoms with Crippen LogP contribution in [0.4, 0.5) is 5.69 Å². The first-order valence-corrected chi connectivity index (χ1v) is 10.6. The van der Waals surface area contributed by atoms with Gasteiger partial charge < -0.3 is 4.90 Å². The fourth-order valence-corrected chi connectivity index (χ4v) is 7.15. The first-order chi connectivity index (χ1) is 10.9. The lowest BCUT2D eigenvalue weighted by molar-refractivity contribution is -0.118. The van der Waals surface area contributed by atoms with Crippen LogP contribution in [0.25, 0.3) is 0 Å². The number of para-hydroxylation sites is 1. The van der Waals surface area contributed by atoms with Gasteiger partial charge in [0, 0.05) is 11.2 Å². The smallest absolute Gasteiger partial charge is 0.251 e. The van der Waals surface area contributed by atoms with Crippen LogP contribution in [0.1, 0.15) is 12.8 Å². The number of amidine groups is 1. The monoisotopic (exact) mass is 370 g/mol. The zero-order chi connectivity index (χ0) is 16.2. The number of thioether (sulfide) groups is 1. The van der Waals surface area contributed by atoms with E-state index in [1.807, 2.05) is 23.1 Å². The van der Waals surface area contributed by atoms with Crippen molar-refractivity contribution in [3.8, 4) is 0 Å². The van der Waals surface area contributed by atoms with E-state index in [-0.39, 0.29) is 34.6 Å². The first kappa shape index (κ1) is 15.5. The van der Waals surface area contributed by atoms with Crippen molar-refractivity contribution in [1.82, 2.24) is 0 Å². The predicted octanol–water partition coefficient (Wildman–Crippen LogP) is 2.35. The molecule has 2 aliphatic heterocycles. The minimum absolute atomic E-state index is 0.0420. The van der Waals surface area contributed by atoms with Gasteiger partial charge in [-0.1, -0.05) is 35.5 Å². The van der Waals surface area contributed by atoms with Crippen LogP contribution >= 0.6 is 23.4 Å². The van der Waals surface area contributed by atoms with E-state index >= 15 is 0 Å². The van der Waals surface area contributed by atoms with Gasteiger partial charge in [-0.15, -0.1) is 0 Å². The lowest BCUT2D eigenvalue weighted by atomic mass is 10.2. The fraction of sp³-hybridized carbons (Fsp3) is 0.467. The molecular formula is C15H15ClN2O3S2. The van der Waals surface area contributed by atoms with Gasteiger partial charge >= 0.3 is 0 Å². The Morgan fingerprint density at radius 2 is 2.00 bits per heavy atom. The van der Waals surface area contributed by atoms with Crippen LogP contribution in [-0.2, 0) is 14.6 Å². The van der Waals surface area contributed by atoms with Gasteiger partial charge in [0.1, 0.15) is 0 Å². The number of fused-ring (bicyclic) bond motifs is 1. The minimum atomic E-state index is -3.06. The van der Waals surface area contributed by atoms with Crippen molar-refractivity contribution in [2.75, 3.05) is 16.4 Å². The van der Waals surface area contributed by atoms with E-state index in [4.69, 9.17) is 11.6 Å². The molecule has 122 valence electrons. The normalized spacial score (nSPS) is 30.7. The third-order valence-electron chi connectivity index (χ3n) is 4.31. The summed E-state index contributed by atoms with van der Waals surface area (Å²) in [5.74, 6) is 0.139. The van der Waals surface area contributed by atoms with Crippen molar-refractivity contribution in [3.05, 3.63) is 29.3 Å². The SMILES string of the molecule is O=C(N=C1S[C@H]2CS(=O)(=O)C[C@H]2N1c1ccccc1Cl)C1CC1. The fourth-order valence-electron chi connectivity index (χ4n) is 3.01. The standard InChI is InChI=1S/C15H15ClN2O3S2/c16-10-3-1-2-4-11(10)18-12-7-23(20,21)8-13(12)22-15(18)17-14(19)9-5-6-9/h1-4,9,12-13H,5-8H2/t12-,13+/m1/s1. The van der Waals surface area contributed by atoms with Crippen LogP contribution in [-0.4, -0.2) is 42.3 Å². The van der Waals surface area contributed by atoms with Gasteiger partial charge in [-0.25, -0.2) is 8.42 Å². The molecule has 4 rings (SSSR count). The lowest BCUT2D eigenvalue weighted by Crippen LogP contribution is -2.38. The number of carbonyl (C=O) groups is 1.